The normalized spacial score (nSPS) is 19.5. The SMILES string of the molecule is C[C@@H]1OCC2(CCN(c3cnc(Sc4ccnc(Nc5nccc(-c6cn(CC(F)(F)F)c7ccccc67)n5)c4Cl)cn3)CC2)[C@@H]1N. The Morgan fingerprint density at radius 3 is 2.57 bits per heavy atom. The van der Waals surface area contributed by atoms with Gasteiger partial charge in [0.2, 0.25) is 5.95 Å². The number of nitrogens with one attached hydrogen (secondary N) is 1. The fourth-order valence-electron chi connectivity index (χ4n) is 6.33. The molecular weight excluding hydrogens is 651 g/mol. The van der Waals surface area contributed by atoms with E-state index in [1.807, 2.05) is 6.92 Å². The van der Waals surface area contributed by atoms with Gasteiger partial charge in [-0.25, -0.2) is 24.9 Å². The lowest BCUT2D eigenvalue weighted by molar-refractivity contribution is -0.139. The molecule has 4 aromatic heterocycles. The molecule has 0 saturated carbocycles. The van der Waals surface area contributed by atoms with Crippen molar-refractivity contribution in [3.8, 4) is 11.3 Å². The van der Waals surface area contributed by atoms with Crippen molar-refractivity contribution in [2.75, 3.05) is 29.9 Å². The summed E-state index contributed by atoms with van der Waals surface area (Å²) in [6.45, 7) is 3.33. The molecule has 6 heterocycles. The summed E-state index contributed by atoms with van der Waals surface area (Å²) in [5, 5.41) is 4.70. The number of benzene rings is 1. The molecule has 2 aliphatic rings. The van der Waals surface area contributed by atoms with E-state index in [2.05, 4.69) is 35.1 Å². The van der Waals surface area contributed by atoms with Gasteiger partial charge in [0.1, 0.15) is 17.4 Å². The van der Waals surface area contributed by atoms with Crippen molar-refractivity contribution in [1.29, 1.82) is 0 Å². The van der Waals surface area contributed by atoms with Crippen LogP contribution in [0.3, 0.4) is 0 Å². The summed E-state index contributed by atoms with van der Waals surface area (Å²) >= 11 is 8.10. The number of hydrogen-bond donors (Lipinski definition) is 2. The van der Waals surface area contributed by atoms with Crippen molar-refractivity contribution in [2.45, 2.75) is 54.6 Å². The summed E-state index contributed by atoms with van der Waals surface area (Å²) in [5.41, 5.74) is 7.96. The first-order chi connectivity index (χ1) is 22.6. The number of halogens is 4. The molecule has 47 heavy (non-hydrogen) atoms. The Balaban J connectivity index is 1.05. The summed E-state index contributed by atoms with van der Waals surface area (Å²) in [5.74, 6) is 1.33. The highest BCUT2D eigenvalue weighted by molar-refractivity contribution is 7.99. The van der Waals surface area contributed by atoms with Crippen molar-refractivity contribution in [2.24, 2.45) is 11.1 Å². The minimum Gasteiger partial charge on any atom is -0.376 e. The molecule has 0 radical (unpaired) electrons. The number of para-hydroxylation sites is 1. The van der Waals surface area contributed by atoms with Crippen LogP contribution in [0.5, 0.6) is 0 Å². The maximum absolute atomic E-state index is 13.3. The number of hydrogen-bond acceptors (Lipinski definition) is 10. The molecule has 2 fully saturated rings. The number of anilines is 3. The molecule has 0 aliphatic carbocycles. The first-order valence-corrected chi connectivity index (χ1v) is 16.3. The second kappa shape index (κ2) is 12.6. The van der Waals surface area contributed by atoms with Gasteiger partial charge in [-0.3, -0.25) is 0 Å². The number of nitrogens with two attached hydrogens (primary N) is 1. The average Bonchev–Trinajstić information content (AvgIpc) is 3.55. The number of ether oxygens (including phenoxy) is 1. The molecule has 244 valence electrons. The van der Waals surface area contributed by atoms with E-state index in [4.69, 9.17) is 22.1 Å². The van der Waals surface area contributed by atoms with Crippen molar-refractivity contribution >= 4 is 51.8 Å². The van der Waals surface area contributed by atoms with Crippen LogP contribution in [0.4, 0.5) is 30.8 Å². The number of fused-ring (bicyclic) bond motifs is 1. The van der Waals surface area contributed by atoms with Crippen molar-refractivity contribution in [1.82, 2.24) is 29.5 Å². The summed E-state index contributed by atoms with van der Waals surface area (Å²) in [6.07, 6.45) is 5.71. The zero-order valence-corrected chi connectivity index (χ0v) is 26.9. The third kappa shape index (κ3) is 6.47. The van der Waals surface area contributed by atoms with Gasteiger partial charge in [0, 0.05) is 64.5 Å². The first-order valence-electron chi connectivity index (χ1n) is 15.1. The topological polar surface area (TPSA) is 120 Å². The molecule has 7 rings (SSSR count). The van der Waals surface area contributed by atoms with E-state index in [1.165, 1.54) is 28.7 Å². The number of rotatable bonds is 7. The molecule has 2 aliphatic heterocycles. The van der Waals surface area contributed by atoms with E-state index in [-0.39, 0.29) is 23.5 Å². The smallest absolute Gasteiger partial charge is 0.376 e. The Hall–Kier alpha value is -3.98. The van der Waals surface area contributed by atoms with Crippen LogP contribution in [0.25, 0.3) is 22.2 Å². The van der Waals surface area contributed by atoms with Crippen LogP contribution in [0.1, 0.15) is 19.8 Å². The fraction of sp³-hybridized carbons (Fsp3) is 0.344. The van der Waals surface area contributed by atoms with Gasteiger partial charge in [0.15, 0.2) is 5.82 Å². The number of nitrogens with zero attached hydrogens (tertiary/aromatic N) is 7. The molecule has 10 nitrogen and oxygen atoms in total. The predicted molar refractivity (Wildman–Crippen MR) is 175 cm³/mol. The Morgan fingerprint density at radius 1 is 1.06 bits per heavy atom. The number of alkyl halides is 3. The Morgan fingerprint density at radius 2 is 1.85 bits per heavy atom. The molecule has 0 bridgehead atoms. The molecular formula is C32H31ClF3N9OS. The molecule has 5 aromatic rings. The highest BCUT2D eigenvalue weighted by Crippen LogP contribution is 2.42. The molecule has 3 N–H and O–H groups in total. The molecule has 2 atom stereocenters. The fourth-order valence-corrected chi connectivity index (χ4v) is 7.36. The average molecular weight is 682 g/mol. The molecule has 2 saturated heterocycles. The Kier molecular flexibility index (Phi) is 8.45. The minimum atomic E-state index is -4.37. The van der Waals surface area contributed by atoms with Gasteiger partial charge in [-0.1, -0.05) is 41.6 Å². The zero-order chi connectivity index (χ0) is 32.8. The van der Waals surface area contributed by atoms with Crippen LogP contribution in [-0.2, 0) is 11.3 Å². The van der Waals surface area contributed by atoms with E-state index in [0.717, 1.165) is 31.7 Å². The number of piperidine rings is 1. The summed E-state index contributed by atoms with van der Waals surface area (Å²) < 4.78 is 46.8. The van der Waals surface area contributed by atoms with E-state index in [1.54, 1.807) is 55.0 Å². The Bertz CT molecular complexity index is 1900. The molecule has 0 amide bonds. The first kappa shape index (κ1) is 31.6. The van der Waals surface area contributed by atoms with E-state index in [0.29, 0.717) is 49.5 Å². The molecule has 1 spiro atoms. The third-order valence-corrected chi connectivity index (χ3v) is 10.4. The summed E-state index contributed by atoms with van der Waals surface area (Å²) in [6, 6.07) is 10.4. The van der Waals surface area contributed by atoms with Gasteiger partial charge in [-0.2, -0.15) is 13.2 Å². The minimum absolute atomic E-state index is 0.0341. The van der Waals surface area contributed by atoms with Crippen LogP contribution in [0.15, 0.2) is 77.3 Å². The summed E-state index contributed by atoms with van der Waals surface area (Å²) in [7, 11) is 0. The highest BCUT2D eigenvalue weighted by atomic mass is 35.5. The monoisotopic (exact) mass is 681 g/mol. The van der Waals surface area contributed by atoms with Crippen LogP contribution in [0, 0.1) is 5.41 Å². The van der Waals surface area contributed by atoms with Gasteiger partial charge in [0.05, 0.1) is 35.8 Å². The molecule has 1 aromatic carbocycles. The van der Waals surface area contributed by atoms with Crippen LogP contribution < -0.4 is 16.0 Å². The van der Waals surface area contributed by atoms with Crippen molar-refractivity contribution in [3.05, 3.63) is 72.4 Å². The van der Waals surface area contributed by atoms with E-state index < -0.39 is 12.7 Å². The van der Waals surface area contributed by atoms with Gasteiger partial charge in [-0.05, 0) is 38.0 Å². The zero-order valence-electron chi connectivity index (χ0n) is 25.3. The lowest BCUT2D eigenvalue weighted by atomic mass is 9.73. The highest BCUT2D eigenvalue weighted by Gasteiger charge is 2.47. The number of pyridine rings is 1. The Labute approximate surface area is 277 Å². The third-order valence-electron chi connectivity index (χ3n) is 8.91. The second-order valence-corrected chi connectivity index (χ2v) is 13.3. The quantitative estimate of drug-likeness (QED) is 0.191. The maximum atomic E-state index is 13.3. The molecule has 15 heteroatoms. The second-order valence-electron chi connectivity index (χ2n) is 11.9. The standard InChI is InChI=1S/C32H31ClF3N9OS/c1-19-28(37)31(18-46-19)8-12-44(13-9-31)25-14-41-26(15-40-25)47-24-7-11-38-29(27(24)33)43-30-39-10-6-22(42-30)21-16-45(17-32(34,35)36)23-5-3-2-4-20(21)23/h2-7,10-11,14-16,19,28H,8-9,12-13,17-18,37H2,1H3,(H,38,39,42,43)/t19-,28+/m0/s1. The van der Waals surface area contributed by atoms with Gasteiger partial charge >= 0.3 is 6.18 Å². The van der Waals surface area contributed by atoms with E-state index in [9.17, 15) is 13.2 Å². The van der Waals surface area contributed by atoms with Gasteiger partial charge in [-0.15, -0.1) is 0 Å². The van der Waals surface area contributed by atoms with Crippen LogP contribution >= 0.6 is 23.4 Å². The number of aromatic nitrogens is 6. The van der Waals surface area contributed by atoms with Crippen molar-refractivity contribution in [3.63, 3.8) is 0 Å². The molecule has 0 unspecified atom stereocenters. The summed E-state index contributed by atoms with van der Waals surface area (Å²) in [4.78, 5) is 25.4. The lowest BCUT2D eigenvalue weighted by Crippen LogP contribution is -2.50. The van der Waals surface area contributed by atoms with Gasteiger partial charge < -0.3 is 25.3 Å². The van der Waals surface area contributed by atoms with Crippen LogP contribution in [-0.4, -0.2) is 67.5 Å². The van der Waals surface area contributed by atoms with Gasteiger partial charge in [0.25, 0.3) is 0 Å². The van der Waals surface area contributed by atoms with Crippen molar-refractivity contribution < 1.29 is 17.9 Å². The lowest BCUT2D eigenvalue weighted by Gasteiger charge is -2.41. The van der Waals surface area contributed by atoms with Crippen LogP contribution in [0.2, 0.25) is 5.02 Å². The predicted octanol–water partition coefficient (Wildman–Crippen LogP) is 6.73. The largest absolute Gasteiger partial charge is 0.406 e. The maximum Gasteiger partial charge on any atom is 0.406 e. The van der Waals surface area contributed by atoms with E-state index >= 15 is 0 Å².